The van der Waals surface area contributed by atoms with Crippen molar-refractivity contribution in [1.29, 1.82) is 0 Å². The van der Waals surface area contributed by atoms with Crippen molar-refractivity contribution in [2.45, 2.75) is 0 Å². The number of rotatable bonds is 5. The maximum absolute atomic E-state index is 11.4. The minimum atomic E-state index is 0.0152. The molecule has 1 fully saturated rings. The predicted octanol–water partition coefficient (Wildman–Crippen LogP) is -0.959. The molecule has 1 rings (SSSR count). The van der Waals surface area contributed by atoms with E-state index in [0.717, 1.165) is 26.2 Å². The quantitative estimate of drug-likeness (QED) is 0.455. The highest BCUT2D eigenvalue weighted by Gasteiger charge is 2.14. The summed E-state index contributed by atoms with van der Waals surface area (Å²) in [6.45, 7) is 8.37. The van der Waals surface area contributed by atoms with Crippen LogP contribution in [0.2, 0.25) is 0 Å². The molecular formula is C10H20N4O. The molecule has 0 saturated carbocycles. The van der Waals surface area contributed by atoms with Crippen molar-refractivity contribution < 1.29 is 4.79 Å². The van der Waals surface area contributed by atoms with E-state index in [-0.39, 0.29) is 5.91 Å². The van der Waals surface area contributed by atoms with E-state index in [1.54, 1.807) is 6.08 Å². The molecule has 1 heterocycles. The van der Waals surface area contributed by atoms with Gasteiger partial charge < -0.3 is 10.2 Å². The first-order valence-electron chi connectivity index (χ1n) is 5.27. The van der Waals surface area contributed by atoms with Gasteiger partial charge in [-0.15, -0.1) is 6.58 Å². The van der Waals surface area contributed by atoms with Gasteiger partial charge in [0.2, 0.25) is 5.91 Å². The van der Waals surface area contributed by atoms with Crippen LogP contribution < -0.4 is 10.7 Å². The van der Waals surface area contributed by atoms with Crippen LogP contribution in [0.4, 0.5) is 0 Å². The molecule has 0 aliphatic carbocycles. The summed E-state index contributed by atoms with van der Waals surface area (Å²) in [7, 11) is 2.09. The number of carbonyl (C=O) groups excluding carboxylic acids is 1. The minimum absolute atomic E-state index is 0.0152. The van der Waals surface area contributed by atoms with Crippen molar-refractivity contribution in [3.63, 3.8) is 0 Å². The highest BCUT2D eigenvalue weighted by atomic mass is 16.2. The van der Waals surface area contributed by atoms with Gasteiger partial charge in [-0.2, -0.15) is 0 Å². The molecule has 0 bridgehead atoms. The van der Waals surface area contributed by atoms with Crippen molar-refractivity contribution >= 4 is 5.91 Å². The van der Waals surface area contributed by atoms with Crippen LogP contribution in [-0.2, 0) is 4.79 Å². The molecule has 0 unspecified atom stereocenters. The Hall–Kier alpha value is -0.910. The standard InChI is InChI=1S/C10H20N4O/c1-3-4-11-9-10(15)12-14-7-5-13(2)6-8-14/h3,11H,1,4-9H2,2H3,(H,12,15). The van der Waals surface area contributed by atoms with Gasteiger partial charge in [0, 0.05) is 32.7 Å². The van der Waals surface area contributed by atoms with Gasteiger partial charge in [-0.25, -0.2) is 5.01 Å². The fourth-order valence-corrected chi connectivity index (χ4v) is 1.42. The van der Waals surface area contributed by atoms with E-state index in [2.05, 4.69) is 29.3 Å². The Morgan fingerprint density at radius 1 is 1.40 bits per heavy atom. The van der Waals surface area contributed by atoms with Crippen molar-refractivity contribution in [2.75, 3.05) is 46.3 Å². The largest absolute Gasteiger partial charge is 0.305 e. The second-order valence-electron chi connectivity index (χ2n) is 3.74. The Kier molecular flexibility index (Phi) is 5.31. The van der Waals surface area contributed by atoms with Crippen LogP contribution in [0.1, 0.15) is 0 Å². The maximum Gasteiger partial charge on any atom is 0.248 e. The van der Waals surface area contributed by atoms with Gasteiger partial charge in [0.1, 0.15) is 0 Å². The Balaban J connectivity index is 2.12. The monoisotopic (exact) mass is 212 g/mol. The molecular weight excluding hydrogens is 192 g/mol. The van der Waals surface area contributed by atoms with Crippen LogP contribution in [0.5, 0.6) is 0 Å². The molecule has 5 nitrogen and oxygen atoms in total. The summed E-state index contributed by atoms with van der Waals surface area (Å²) in [6, 6.07) is 0. The summed E-state index contributed by atoms with van der Waals surface area (Å²) < 4.78 is 0. The van der Waals surface area contributed by atoms with E-state index in [9.17, 15) is 4.79 Å². The molecule has 86 valence electrons. The molecule has 1 aliphatic rings. The maximum atomic E-state index is 11.4. The second-order valence-corrected chi connectivity index (χ2v) is 3.74. The van der Waals surface area contributed by atoms with Gasteiger partial charge in [-0.05, 0) is 7.05 Å². The van der Waals surface area contributed by atoms with Crippen LogP contribution in [0.25, 0.3) is 0 Å². The zero-order valence-electron chi connectivity index (χ0n) is 9.33. The number of hydrazine groups is 1. The van der Waals surface area contributed by atoms with E-state index < -0.39 is 0 Å². The van der Waals surface area contributed by atoms with E-state index in [1.165, 1.54) is 0 Å². The SMILES string of the molecule is C=CCNCC(=O)NN1CCN(C)CC1. The normalized spacial score (nSPS) is 18.7. The summed E-state index contributed by atoms with van der Waals surface area (Å²) in [5.74, 6) is 0.0152. The average Bonchev–Trinajstić information content (AvgIpc) is 2.22. The molecule has 0 aromatic heterocycles. The highest BCUT2D eigenvalue weighted by Crippen LogP contribution is 1.94. The van der Waals surface area contributed by atoms with E-state index in [0.29, 0.717) is 13.1 Å². The summed E-state index contributed by atoms with van der Waals surface area (Å²) in [4.78, 5) is 13.7. The Labute approximate surface area is 91.1 Å². The molecule has 1 amide bonds. The third-order valence-electron chi connectivity index (χ3n) is 2.36. The Morgan fingerprint density at radius 2 is 2.07 bits per heavy atom. The first-order valence-corrected chi connectivity index (χ1v) is 5.27. The Morgan fingerprint density at radius 3 is 2.67 bits per heavy atom. The van der Waals surface area contributed by atoms with Crippen molar-refractivity contribution in [1.82, 2.24) is 20.7 Å². The summed E-state index contributed by atoms with van der Waals surface area (Å²) in [5.41, 5.74) is 2.87. The third kappa shape index (κ3) is 4.92. The van der Waals surface area contributed by atoms with Crippen LogP contribution in [-0.4, -0.2) is 62.1 Å². The van der Waals surface area contributed by atoms with Gasteiger partial charge in [0.15, 0.2) is 0 Å². The number of likely N-dealkylation sites (N-methyl/N-ethyl adjacent to an activating group) is 1. The number of amides is 1. The smallest absolute Gasteiger partial charge is 0.248 e. The molecule has 1 saturated heterocycles. The van der Waals surface area contributed by atoms with Gasteiger partial charge >= 0.3 is 0 Å². The van der Waals surface area contributed by atoms with Crippen molar-refractivity contribution in [2.24, 2.45) is 0 Å². The fourth-order valence-electron chi connectivity index (χ4n) is 1.42. The van der Waals surface area contributed by atoms with Crippen LogP contribution >= 0.6 is 0 Å². The zero-order chi connectivity index (χ0) is 11.1. The molecule has 2 N–H and O–H groups in total. The molecule has 0 radical (unpaired) electrons. The van der Waals surface area contributed by atoms with E-state index >= 15 is 0 Å². The zero-order valence-corrected chi connectivity index (χ0v) is 9.33. The number of piperazine rings is 1. The second kappa shape index (κ2) is 6.55. The molecule has 15 heavy (non-hydrogen) atoms. The van der Waals surface area contributed by atoms with Crippen molar-refractivity contribution in [3.05, 3.63) is 12.7 Å². The van der Waals surface area contributed by atoms with Crippen LogP contribution in [0.15, 0.2) is 12.7 Å². The van der Waals surface area contributed by atoms with Crippen LogP contribution in [0.3, 0.4) is 0 Å². The van der Waals surface area contributed by atoms with E-state index in [1.807, 2.05) is 5.01 Å². The predicted molar refractivity (Wildman–Crippen MR) is 60.3 cm³/mol. The summed E-state index contributed by atoms with van der Waals surface area (Å²) in [6.07, 6.45) is 1.74. The van der Waals surface area contributed by atoms with Gasteiger partial charge in [-0.3, -0.25) is 10.2 Å². The van der Waals surface area contributed by atoms with Crippen molar-refractivity contribution in [3.8, 4) is 0 Å². The average molecular weight is 212 g/mol. The van der Waals surface area contributed by atoms with Gasteiger partial charge in [0.05, 0.1) is 6.54 Å². The fraction of sp³-hybridized carbons (Fsp3) is 0.700. The van der Waals surface area contributed by atoms with Gasteiger partial charge in [0.25, 0.3) is 0 Å². The molecule has 0 spiro atoms. The number of nitrogens with zero attached hydrogens (tertiary/aromatic N) is 2. The van der Waals surface area contributed by atoms with Gasteiger partial charge in [-0.1, -0.05) is 6.08 Å². The molecule has 0 atom stereocenters. The highest BCUT2D eigenvalue weighted by molar-refractivity contribution is 5.77. The molecule has 0 aromatic rings. The first-order chi connectivity index (χ1) is 7.22. The van der Waals surface area contributed by atoms with Crippen LogP contribution in [0, 0.1) is 0 Å². The number of hydrogen-bond donors (Lipinski definition) is 2. The lowest BCUT2D eigenvalue weighted by Gasteiger charge is -2.32. The Bertz CT molecular complexity index is 211. The third-order valence-corrected chi connectivity index (χ3v) is 2.36. The number of hydrogen-bond acceptors (Lipinski definition) is 4. The lowest BCUT2D eigenvalue weighted by atomic mass is 10.4. The van der Waals surface area contributed by atoms with E-state index in [4.69, 9.17) is 0 Å². The number of nitrogens with one attached hydrogen (secondary N) is 2. The molecule has 5 heteroatoms. The lowest BCUT2D eigenvalue weighted by Crippen LogP contribution is -2.54. The number of carbonyl (C=O) groups is 1. The first kappa shape index (κ1) is 12.2. The minimum Gasteiger partial charge on any atom is -0.305 e. The topological polar surface area (TPSA) is 47.6 Å². The summed E-state index contributed by atoms with van der Waals surface area (Å²) in [5, 5.41) is 4.94. The summed E-state index contributed by atoms with van der Waals surface area (Å²) >= 11 is 0. The molecule has 1 aliphatic heterocycles. The molecule has 0 aromatic carbocycles. The lowest BCUT2D eigenvalue weighted by molar-refractivity contribution is -0.125.